The maximum Gasteiger partial charge on any atom is 0.235 e. The molecule has 0 heterocycles. The van der Waals surface area contributed by atoms with Gasteiger partial charge < -0.3 is 20.8 Å². The largest absolute Gasteiger partial charge is 0.378 e. The molecule has 6 heteroatoms. The predicted molar refractivity (Wildman–Crippen MR) is 235 cm³/mol. The van der Waals surface area contributed by atoms with Crippen LogP contribution in [-0.2, 0) is 20.8 Å². The molecule has 0 radical (unpaired) electrons. The highest BCUT2D eigenvalue weighted by Gasteiger charge is 2.48. The molecular formula is C53H46N2O4. The number of nitrogens with one attached hydrogen (secondary N) is 2. The van der Waals surface area contributed by atoms with Gasteiger partial charge in [-0.3, -0.25) is 9.59 Å². The molecule has 2 amide bonds. The number of benzene rings is 8. The van der Waals surface area contributed by atoms with E-state index in [2.05, 4.69) is 10.6 Å². The fraction of sp³-hybridized carbons (Fsp3) is 0.132. The Kier molecular flexibility index (Phi) is 10.7. The molecule has 0 aliphatic heterocycles. The topological polar surface area (TPSA) is 98.7 Å². The molecule has 59 heavy (non-hydrogen) atoms. The van der Waals surface area contributed by atoms with Crippen molar-refractivity contribution in [2.75, 3.05) is 0 Å². The van der Waals surface area contributed by atoms with Crippen LogP contribution in [-0.4, -0.2) is 22.0 Å². The number of amides is 2. The summed E-state index contributed by atoms with van der Waals surface area (Å²) in [6, 6.07) is 62.5. The second-order valence-electron chi connectivity index (χ2n) is 15.6. The zero-order valence-corrected chi connectivity index (χ0v) is 33.0. The molecule has 0 aliphatic carbocycles. The van der Waals surface area contributed by atoms with Crippen LogP contribution in [0.5, 0.6) is 0 Å². The summed E-state index contributed by atoms with van der Waals surface area (Å²) in [5.41, 5.74) is -1.66. The molecule has 0 aliphatic rings. The van der Waals surface area contributed by atoms with E-state index in [1.807, 2.05) is 206 Å². The van der Waals surface area contributed by atoms with Crippen molar-refractivity contribution < 1.29 is 19.8 Å². The van der Waals surface area contributed by atoms with Gasteiger partial charge >= 0.3 is 0 Å². The molecule has 6 nitrogen and oxygen atoms in total. The van der Waals surface area contributed by atoms with E-state index in [0.29, 0.717) is 33.4 Å². The normalized spacial score (nSPS) is 13.1. The van der Waals surface area contributed by atoms with Gasteiger partial charge in [0.05, 0.1) is 12.1 Å². The highest BCUT2D eigenvalue weighted by molar-refractivity contribution is 6.04. The number of carbonyl (C=O) groups excluding carboxylic acids is 2. The van der Waals surface area contributed by atoms with Gasteiger partial charge in [0.15, 0.2) is 0 Å². The van der Waals surface area contributed by atoms with E-state index in [-0.39, 0.29) is 0 Å². The van der Waals surface area contributed by atoms with E-state index in [9.17, 15) is 19.8 Å². The SMILES string of the molecule is CC(C)(C(=O)N[C@H](c1ccc2ccccc2c1)C(O)(c1ccccc1)c1ccccc1)C(=O)N[C@H](c1ccc2ccccc2c1)C(O)(c1ccccc1)c1ccccc1. The van der Waals surface area contributed by atoms with Crippen LogP contribution in [0.1, 0.15) is 59.3 Å². The van der Waals surface area contributed by atoms with Gasteiger partial charge in [-0.2, -0.15) is 0 Å². The van der Waals surface area contributed by atoms with Gasteiger partial charge in [-0.05, 0) is 80.9 Å². The Hall–Kier alpha value is -6.86. The van der Waals surface area contributed by atoms with Crippen molar-refractivity contribution in [3.05, 3.63) is 240 Å². The van der Waals surface area contributed by atoms with Crippen LogP contribution >= 0.6 is 0 Å². The van der Waals surface area contributed by atoms with Crippen LogP contribution in [0.2, 0.25) is 0 Å². The van der Waals surface area contributed by atoms with Crippen LogP contribution in [0.4, 0.5) is 0 Å². The Balaban J connectivity index is 1.23. The zero-order chi connectivity index (χ0) is 41.0. The molecule has 0 spiro atoms. The summed E-state index contributed by atoms with van der Waals surface area (Å²) in [6.07, 6.45) is 0. The van der Waals surface area contributed by atoms with Crippen LogP contribution in [0.3, 0.4) is 0 Å². The van der Waals surface area contributed by atoms with Gasteiger partial charge in [0.25, 0.3) is 0 Å². The lowest BCUT2D eigenvalue weighted by atomic mass is 9.75. The van der Waals surface area contributed by atoms with Crippen molar-refractivity contribution >= 4 is 33.4 Å². The van der Waals surface area contributed by atoms with Gasteiger partial charge in [-0.25, -0.2) is 0 Å². The fourth-order valence-corrected chi connectivity index (χ4v) is 8.13. The van der Waals surface area contributed by atoms with E-state index < -0.39 is 40.5 Å². The molecule has 8 aromatic carbocycles. The molecule has 4 N–H and O–H groups in total. The molecule has 0 aromatic heterocycles. The number of aliphatic hydroxyl groups is 2. The van der Waals surface area contributed by atoms with Crippen molar-refractivity contribution in [2.24, 2.45) is 5.41 Å². The molecule has 8 rings (SSSR count). The molecule has 292 valence electrons. The van der Waals surface area contributed by atoms with Crippen molar-refractivity contribution in [2.45, 2.75) is 37.1 Å². The van der Waals surface area contributed by atoms with Gasteiger partial charge in [-0.15, -0.1) is 0 Å². The van der Waals surface area contributed by atoms with E-state index in [4.69, 9.17) is 0 Å². The molecule has 0 saturated carbocycles. The monoisotopic (exact) mass is 774 g/mol. The third-order valence-electron chi connectivity index (χ3n) is 11.6. The maximum atomic E-state index is 15.0. The molecular weight excluding hydrogens is 729 g/mol. The summed E-state index contributed by atoms with van der Waals surface area (Å²) in [5.74, 6) is -1.22. The summed E-state index contributed by atoms with van der Waals surface area (Å²) in [7, 11) is 0. The third kappa shape index (κ3) is 7.40. The zero-order valence-electron chi connectivity index (χ0n) is 33.0. The van der Waals surface area contributed by atoms with Crippen LogP contribution in [0.25, 0.3) is 21.5 Å². The fourth-order valence-electron chi connectivity index (χ4n) is 8.13. The number of hydrogen-bond acceptors (Lipinski definition) is 4. The Bertz CT molecular complexity index is 2450. The van der Waals surface area contributed by atoms with Crippen LogP contribution in [0.15, 0.2) is 206 Å². The standard InChI is InChI=1S/C53H46N2O4/c1-51(2,49(56)54-47(41-33-31-37-19-15-17-21-39(37)35-41)52(58,43-23-7-3-8-24-43)44-25-9-4-10-26-44)50(57)55-48(42-34-32-38-20-16-18-22-40(38)36-42)53(59,45-27-11-5-12-28-45)46-29-13-6-14-30-46/h3-36,47-48,58-59H,1-2H3,(H,54,56)(H,55,57)/t47-,48-/m1/s1. The average molecular weight is 775 g/mol. The number of rotatable bonds is 12. The Morgan fingerprint density at radius 2 is 0.661 bits per heavy atom. The molecule has 0 bridgehead atoms. The molecule has 0 unspecified atom stereocenters. The summed E-state index contributed by atoms with van der Waals surface area (Å²) < 4.78 is 0. The summed E-state index contributed by atoms with van der Waals surface area (Å²) in [5, 5.41) is 36.6. The Morgan fingerprint density at radius 3 is 0.966 bits per heavy atom. The van der Waals surface area contributed by atoms with E-state index in [1.165, 1.54) is 0 Å². The van der Waals surface area contributed by atoms with Gasteiger partial charge in [0.2, 0.25) is 11.8 Å². The predicted octanol–water partition coefficient (Wildman–Crippen LogP) is 9.91. The minimum Gasteiger partial charge on any atom is -0.378 e. The molecule has 2 atom stereocenters. The number of fused-ring (bicyclic) bond motifs is 2. The third-order valence-corrected chi connectivity index (χ3v) is 11.6. The highest BCUT2D eigenvalue weighted by Crippen LogP contribution is 2.44. The van der Waals surface area contributed by atoms with Gasteiger partial charge in [0, 0.05) is 0 Å². The van der Waals surface area contributed by atoms with Crippen molar-refractivity contribution in [1.29, 1.82) is 0 Å². The summed E-state index contributed by atoms with van der Waals surface area (Å²) >= 11 is 0. The summed E-state index contributed by atoms with van der Waals surface area (Å²) in [4.78, 5) is 30.0. The highest BCUT2D eigenvalue weighted by atomic mass is 16.3. The lowest BCUT2D eigenvalue weighted by Gasteiger charge is -2.41. The second-order valence-corrected chi connectivity index (χ2v) is 15.6. The van der Waals surface area contributed by atoms with Crippen molar-refractivity contribution in [1.82, 2.24) is 10.6 Å². The van der Waals surface area contributed by atoms with Crippen LogP contribution in [0, 0.1) is 5.41 Å². The first kappa shape index (κ1) is 39.0. The lowest BCUT2D eigenvalue weighted by molar-refractivity contribution is -0.144. The smallest absolute Gasteiger partial charge is 0.235 e. The molecule has 8 aromatic rings. The van der Waals surface area contributed by atoms with E-state index >= 15 is 0 Å². The number of hydrogen-bond donors (Lipinski definition) is 4. The van der Waals surface area contributed by atoms with E-state index in [1.54, 1.807) is 13.8 Å². The lowest BCUT2D eigenvalue weighted by Crippen LogP contribution is -2.55. The minimum absolute atomic E-state index is 0.569. The molecule has 0 fully saturated rings. The van der Waals surface area contributed by atoms with Crippen molar-refractivity contribution in [3.63, 3.8) is 0 Å². The Labute approximate surface area is 344 Å². The Morgan fingerprint density at radius 1 is 0.390 bits per heavy atom. The quantitative estimate of drug-likeness (QED) is 0.0930. The van der Waals surface area contributed by atoms with Gasteiger partial charge in [0.1, 0.15) is 16.6 Å². The first-order valence-corrected chi connectivity index (χ1v) is 19.9. The minimum atomic E-state index is -1.76. The summed E-state index contributed by atoms with van der Waals surface area (Å²) in [6.45, 7) is 3.14. The van der Waals surface area contributed by atoms with Crippen LogP contribution < -0.4 is 10.6 Å². The van der Waals surface area contributed by atoms with Gasteiger partial charge in [-0.1, -0.05) is 194 Å². The average Bonchev–Trinajstić information content (AvgIpc) is 3.30. The number of carbonyl (C=O) groups is 2. The van der Waals surface area contributed by atoms with Crippen molar-refractivity contribution in [3.8, 4) is 0 Å². The molecule has 0 saturated heterocycles. The second kappa shape index (κ2) is 16.2. The first-order chi connectivity index (χ1) is 28.6. The maximum absolute atomic E-state index is 15.0. The first-order valence-electron chi connectivity index (χ1n) is 19.9. The van der Waals surface area contributed by atoms with E-state index in [0.717, 1.165) is 21.5 Å².